The predicted octanol–water partition coefficient (Wildman–Crippen LogP) is 3.52. The number of likely N-dealkylation sites (tertiary alicyclic amines) is 1. The van der Waals surface area contributed by atoms with Crippen LogP contribution in [0.25, 0.3) is 0 Å². The van der Waals surface area contributed by atoms with Crippen molar-refractivity contribution in [1.29, 1.82) is 0 Å². The zero-order chi connectivity index (χ0) is 16.4. The van der Waals surface area contributed by atoms with Crippen LogP contribution in [0.3, 0.4) is 0 Å². The lowest BCUT2D eigenvalue weighted by molar-refractivity contribution is -0.133. The molecule has 1 aromatic rings. The van der Waals surface area contributed by atoms with Crippen LogP contribution in [0.2, 0.25) is 10.0 Å². The Balaban J connectivity index is 1.45. The van der Waals surface area contributed by atoms with Gasteiger partial charge in [-0.25, -0.2) is 4.79 Å². The molecule has 5 nitrogen and oxygen atoms in total. The van der Waals surface area contributed by atoms with E-state index in [-0.39, 0.29) is 23.9 Å². The van der Waals surface area contributed by atoms with Crippen molar-refractivity contribution in [2.75, 3.05) is 18.4 Å². The first-order chi connectivity index (χ1) is 11.0. The number of nitrogens with zero attached hydrogens (tertiary/aromatic N) is 1. The number of piperidine rings is 1. The highest BCUT2D eigenvalue weighted by Crippen LogP contribution is 2.32. The zero-order valence-electron chi connectivity index (χ0n) is 12.6. The van der Waals surface area contributed by atoms with E-state index in [4.69, 9.17) is 23.2 Å². The molecule has 0 unspecified atom stereocenters. The summed E-state index contributed by atoms with van der Waals surface area (Å²) in [6, 6.07) is 4.77. The average Bonchev–Trinajstić information content (AvgIpc) is 3.36. The van der Waals surface area contributed by atoms with Gasteiger partial charge in [-0.2, -0.15) is 0 Å². The number of carbonyl (C=O) groups is 2. The number of halogens is 2. The van der Waals surface area contributed by atoms with Crippen LogP contribution in [0.15, 0.2) is 18.2 Å². The number of carbonyl (C=O) groups excluding carboxylic acids is 2. The Morgan fingerprint density at radius 3 is 2.35 bits per heavy atom. The molecule has 1 aliphatic heterocycles. The van der Waals surface area contributed by atoms with Crippen molar-refractivity contribution in [1.82, 2.24) is 10.2 Å². The molecule has 3 rings (SSSR count). The van der Waals surface area contributed by atoms with Gasteiger partial charge in [-0.3, -0.25) is 4.79 Å². The summed E-state index contributed by atoms with van der Waals surface area (Å²) in [5, 5.41) is 6.54. The lowest BCUT2D eigenvalue weighted by Gasteiger charge is -2.32. The number of benzene rings is 1. The summed E-state index contributed by atoms with van der Waals surface area (Å²) < 4.78 is 0. The second-order valence-electron chi connectivity index (χ2n) is 6.10. The normalized spacial score (nSPS) is 18.6. The molecule has 1 saturated heterocycles. The molecule has 0 spiro atoms. The van der Waals surface area contributed by atoms with Crippen molar-refractivity contribution >= 4 is 40.8 Å². The van der Waals surface area contributed by atoms with Crippen molar-refractivity contribution in [2.45, 2.75) is 31.7 Å². The maximum Gasteiger partial charge on any atom is 0.319 e. The molecule has 7 heteroatoms. The molecule has 3 amide bonds. The van der Waals surface area contributed by atoms with Crippen molar-refractivity contribution in [3.63, 3.8) is 0 Å². The largest absolute Gasteiger partial charge is 0.342 e. The van der Waals surface area contributed by atoms with E-state index in [2.05, 4.69) is 10.6 Å². The molecule has 1 aliphatic carbocycles. The van der Waals surface area contributed by atoms with Crippen molar-refractivity contribution in [3.05, 3.63) is 28.2 Å². The van der Waals surface area contributed by atoms with Crippen LogP contribution in [0.4, 0.5) is 10.5 Å². The molecule has 1 saturated carbocycles. The molecule has 1 aromatic carbocycles. The molecule has 124 valence electrons. The first-order valence-corrected chi connectivity index (χ1v) is 8.60. The number of hydrogen-bond donors (Lipinski definition) is 2. The van der Waals surface area contributed by atoms with Gasteiger partial charge in [0.05, 0.1) is 10.0 Å². The van der Waals surface area contributed by atoms with Crippen LogP contribution in [0.5, 0.6) is 0 Å². The Bertz CT molecular complexity index is 611. The van der Waals surface area contributed by atoms with Gasteiger partial charge in [0.15, 0.2) is 0 Å². The number of nitrogens with one attached hydrogen (secondary N) is 2. The quantitative estimate of drug-likeness (QED) is 0.871. The van der Waals surface area contributed by atoms with Gasteiger partial charge in [-0.1, -0.05) is 23.2 Å². The average molecular weight is 356 g/mol. The van der Waals surface area contributed by atoms with Gasteiger partial charge in [0, 0.05) is 30.7 Å². The molecule has 0 aromatic heterocycles. The van der Waals surface area contributed by atoms with Gasteiger partial charge in [0.1, 0.15) is 0 Å². The minimum Gasteiger partial charge on any atom is -0.342 e. The highest BCUT2D eigenvalue weighted by Gasteiger charge is 2.35. The Labute approximate surface area is 145 Å². The van der Waals surface area contributed by atoms with Gasteiger partial charge in [-0.05, 0) is 43.9 Å². The van der Waals surface area contributed by atoms with Gasteiger partial charge in [0.2, 0.25) is 5.91 Å². The van der Waals surface area contributed by atoms with E-state index in [1.165, 1.54) is 0 Å². The molecule has 23 heavy (non-hydrogen) atoms. The van der Waals surface area contributed by atoms with Crippen molar-refractivity contribution in [2.24, 2.45) is 5.92 Å². The number of anilines is 1. The Morgan fingerprint density at radius 1 is 1.04 bits per heavy atom. The summed E-state index contributed by atoms with van der Waals surface area (Å²) in [6.07, 6.45) is 3.63. The van der Waals surface area contributed by atoms with E-state index in [0.29, 0.717) is 28.8 Å². The summed E-state index contributed by atoms with van der Waals surface area (Å²) in [7, 11) is 0. The van der Waals surface area contributed by atoms with E-state index in [0.717, 1.165) is 25.7 Å². The van der Waals surface area contributed by atoms with Crippen LogP contribution in [-0.4, -0.2) is 36.0 Å². The summed E-state index contributed by atoms with van der Waals surface area (Å²) in [5.74, 6) is 0.543. The fourth-order valence-electron chi connectivity index (χ4n) is 2.76. The number of hydrogen-bond acceptors (Lipinski definition) is 2. The third-order valence-corrected chi connectivity index (χ3v) is 4.98. The second-order valence-corrected chi connectivity index (χ2v) is 6.92. The smallest absolute Gasteiger partial charge is 0.319 e. The summed E-state index contributed by atoms with van der Waals surface area (Å²) in [4.78, 5) is 25.9. The predicted molar refractivity (Wildman–Crippen MR) is 90.9 cm³/mol. The SMILES string of the molecule is O=C(Nc1ccc(Cl)c(Cl)c1)NC1CCN(C(=O)C2CC2)CC1. The summed E-state index contributed by atoms with van der Waals surface area (Å²) in [6.45, 7) is 1.43. The molecule has 0 radical (unpaired) electrons. The van der Waals surface area contributed by atoms with E-state index in [9.17, 15) is 9.59 Å². The van der Waals surface area contributed by atoms with E-state index >= 15 is 0 Å². The van der Waals surface area contributed by atoms with E-state index in [1.807, 2.05) is 4.90 Å². The molecule has 1 heterocycles. The number of amides is 3. The van der Waals surface area contributed by atoms with E-state index < -0.39 is 0 Å². The van der Waals surface area contributed by atoms with Gasteiger partial charge in [-0.15, -0.1) is 0 Å². The van der Waals surface area contributed by atoms with Crippen LogP contribution >= 0.6 is 23.2 Å². The van der Waals surface area contributed by atoms with Crippen LogP contribution in [-0.2, 0) is 4.79 Å². The van der Waals surface area contributed by atoms with Gasteiger partial charge < -0.3 is 15.5 Å². The maximum atomic E-state index is 12.0. The first kappa shape index (κ1) is 16.4. The first-order valence-electron chi connectivity index (χ1n) is 7.84. The summed E-state index contributed by atoms with van der Waals surface area (Å²) >= 11 is 11.8. The van der Waals surface area contributed by atoms with Crippen LogP contribution in [0.1, 0.15) is 25.7 Å². The van der Waals surface area contributed by atoms with E-state index in [1.54, 1.807) is 18.2 Å². The highest BCUT2D eigenvalue weighted by molar-refractivity contribution is 6.42. The highest BCUT2D eigenvalue weighted by atomic mass is 35.5. The lowest BCUT2D eigenvalue weighted by atomic mass is 10.0. The van der Waals surface area contributed by atoms with Crippen LogP contribution < -0.4 is 10.6 Å². The fraction of sp³-hybridized carbons (Fsp3) is 0.500. The fourth-order valence-corrected chi connectivity index (χ4v) is 3.06. The molecule has 2 N–H and O–H groups in total. The standard InChI is InChI=1S/C16H19Cl2N3O2/c17-13-4-3-12(9-14(13)18)20-16(23)19-11-5-7-21(8-6-11)15(22)10-1-2-10/h3-4,9-11H,1-2,5-8H2,(H2,19,20,23). The Hall–Kier alpha value is -1.46. The van der Waals surface area contributed by atoms with Crippen molar-refractivity contribution < 1.29 is 9.59 Å². The number of rotatable bonds is 3. The lowest BCUT2D eigenvalue weighted by Crippen LogP contribution is -2.47. The van der Waals surface area contributed by atoms with Crippen LogP contribution in [0, 0.1) is 5.92 Å². The second kappa shape index (κ2) is 6.97. The van der Waals surface area contributed by atoms with Gasteiger partial charge in [0.25, 0.3) is 0 Å². The molecule has 0 atom stereocenters. The zero-order valence-corrected chi connectivity index (χ0v) is 14.2. The Kier molecular flexibility index (Phi) is 4.97. The molecule has 2 fully saturated rings. The minimum absolute atomic E-state index is 0.0843. The number of urea groups is 1. The third kappa shape index (κ3) is 4.30. The monoisotopic (exact) mass is 355 g/mol. The third-order valence-electron chi connectivity index (χ3n) is 4.25. The van der Waals surface area contributed by atoms with Gasteiger partial charge >= 0.3 is 6.03 Å². The Morgan fingerprint density at radius 2 is 1.74 bits per heavy atom. The molecule has 0 bridgehead atoms. The topological polar surface area (TPSA) is 61.4 Å². The van der Waals surface area contributed by atoms with Crippen molar-refractivity contribution in [3.8, 4) is 0 Å². The maximum absolute atomic E-state index is 12.0. The summed E-state index contributed by atoms with van der Waals surface area (Å²) in [5.41, 5.74) is 0.596. The molecular formula is C16H19Cl2N3O2. The molecular weight excluding hydrogens is 337 g/mol. The minimum atomic E-state index is -0.268. The molecule has 2 aliphatic rings.